The van der Waals surface area contributed by atoms with Gasteiger partial charge in [-0.2, -0.15) is 5.26 Å². The molecule has 1 aromatic carbocycles. The fourth-order valence-corrected chi connectivity index (χ4v) is 1.58. The van der Waals surface area contributed by atoms with Gasteiger partial charge in [-0.05, 0) is 12.1 Å². The van der Waals surface area contributed by atoms with Crippen molar-refractivity contribution in [1.82, 2.24) is 0 Å². The lowest BCUT2D eigenvalue weighted by Crippen LogP contribution is -2.19. The highest BCUT2D eigenvalue weighted by atomic mass is 35.5. The number of carbonyl (C=O) groups excluding carboxylic acids is 2. The molecule has 0 atom stereocenters. The van der Waals surface area contributed by atoms with Crippen molar-refractivity contribution in [2.45, 2.75) is 0 Å². The van der Waals surface area contributed by atoms with E-state index in [2.05, 4.69) is 15.4 Å². The van der Waals surface area contributed by atoms with Gasteiger partial charge in [0.25, 0.3) is 0 Å². The number of anilines is 2. The van der Waals surface area contributed by atoms with Crippen LogP contribution in [0.25, 0.3) is 0 Å². The molecule has 7 nitrogen and oxygen atoms in total. The van der Waals surface area contributed by atoms with E-state index in [1.165, 1.54) is 19.2 Å². The fraction of sp³-hybridized carbons (Fsp3) is 0.250. The third-order valence-electron chi connectivity index (χ3n) is 2.17. The quantitative estimate of drug-likeness (QED) is 0.742. The molecule has 0 radical (unpaired) electrons. The first-order chi connectivity index (χ1) is 9.51. The van der Waals surface area contributed by atoms with E-state index in [0.29, 0.717) is 0 Å². The molecule has 20 heavy (non-hydrogen) atoms. The van der Waals surface area contributed by atoms with E-state index in [1.54, 1.807) is 0 Å². The van der Waals surface area contributed by atoms with Gasteiger partial charge in [-0.1, -0.05) is 11.6 Å². The van der Waals surface area contributed by atoms with E-state index in [1.807, 2.05) is 6.07 Å². The number of hydrogen-bond donors (Lipinski definition) is 3. The second-order valence-electron chi connectivity index (χ2n) is 3.68. The van der Waals surface area contributed by atoms with E-state index in [4.69, 9.17) is 22.0 Å². The lowest BCUT2D eigenvalue weighted by molar-refractivity contribution is -0.120. The Balaban J connectivity index is 3.11. The molecular weight excluding hydrogens is 286 g/mol. The van der Waals surface area contributed by atoms with Gasteiger partial charge < -0.3 is 20.5 Å². The average molecular weight is 298 g/mol. The standard InChI is InChI=1S/C12H12ClN3O4/c1-20-6-11(19)16-9-3-7(4-14)2-8(12(9)13)15-10(18)5-17/h2-3,17H,5-6H2,1H3,(H,15,18)(H,16,19). The van der Waals surface area contributed by atoms with Crippen molar-refractivity contribution >= 4 is 34.8 Å². The van der Waals surface area contributed by atoms with Crippen molar-refractivity contribution < 1.29 is 19.4 Å². The maximum atomic E-state index is 11.4. The zero-order chi connectivity index (χ0) is 15.1. The van der Waals surface area contributed by atoms with Crippen LogP contribution in [0.5, 0.6) is 0 Å². The fourth-order valence-electron chi connectivity index (χ4n) is 1.38. The van der Waals surface area contributed by atoms with Crippen LogP contribution in [0.15, 0.2) is 12.1 Å². The van der Waals surface area contributed by atoms with Crippen molar-refractivity contribution in [3.8, 4) is 6.07 Å². The number of hydrogen-bond acceptors (Lipinski definition) is 5. The zero-order valence-corrected chi connectivity index (χ0v) is 11.3. The van der Waals surface area contributed by atoms with Gasteiger partial charge in [0.2, 0.25) is 11.8 Å². The Morgan fingerprint density at radius 3 is 2.35 bits per heavy atom. The lowest BCUT2D eigenvalue weighted by atomic mass is 10.2. The van der Waals surface area contributed by atoms with Crippen LogP contribution in [-0.4, -0.2) is 37.2 Å². The first-order valence-corrected chi connectivity index (χ1v) is 5.82. The molecule has 0 saturated carbocycles. The summed E-state index contributed by atoms with van der Waals surface area (Å²) in [4.78, 5) is 22.6. The monoisotopic (exact) mass is 297 g/mol. The number of aliphatic hydroxyl groups excluding tert-OH is 1. The molecular formula is C12H12ClN3O4. The Morgan fingerprint density at radius 2 is 1.90 bits per heavy atom. The third kappa shape index (κ3) is 4.20. The second-order valence-corrected chi connectivity index (χ2v) is 4.06. The Kier molecular flexibility index (Phi) is 5.93. The molecule has 106 valence electrons. The number of halogens is 1. The highest BCUT2D eigenvalue weighted by Crippen LogP contribution is 2.32. The molecule has 0 spiro atoms. The SMILES string of the molecule is COCC(=O)Nc1cc(C#N)cc(NC(=O)CO)c1Cl. The van der Waals surface area contributed by atoms with E-state index in [9.17, 15) is 9.59 Å². The molecule has 0 saturated heterocycles. The predicted molar refractivity (Wildman–Crippen MR) is 72.4 cm³/mol. The number of nitrogens with zero attached hydrogens (tertiary/aromatic N) is 1. The van der Waals surface area contributed by atoms with Crippen molar-refractivity contribution in [2.75, 3.05) is 31.0 Å². The number of rotatable bonds is 5. The number of carbonyl (C=O) groups is 2. The normalized spacial score (nSPS) is 9.70. The molecule has 1 aromatic rings. The number of ether oxygens (including phenoxy) is 1. The number of methoxy groups -OCH3 is 1. The van der Waals surface area contributed by atoms with Gasteiger partial charge in [0.05, 0.1) is 28.0 Å². The smallest absolute Gasteiger partial charge is 0.250 e. The van der Waals surface area contributed by atoms with Gasteiger partial charge >= 0.3 is 0 Å². The maximum Gasteiger partial charge on any atom is 0.250 e. The maximum absolute atomic E-state index is 11.4. The Hall–Kier alpha value is -2.14. The highest BCUT2D eigenvalue weighted by Gasteiger charge is 2.13. The molecule has 1 rings (SSSR count). The number of nitrogens with one attached hydrogen (secondary N) is 2. The van der Waals surface area contributed by atoms with Gasteiger partial charge in [-0.25, -0.2) is 0 Å². The molecule has 0 aliphatic carbocycles. The molecule has 0 fully saturated rings. The minimum absolute atomic E-state index is 0.0512. The van der Waals surface area contributed by atoms with Crippen LogP contribution >= 0.6 is 11.6 Å². The van der Waals surface area contributed by atoms with Crippen LogP contribution in [0.1, 0.15) is 5.56 Å². The minimum atomic E-state index is -0.724. The summed E-state index contributed by atoms with van der Waals surface area (Å²) >= 11 is 6.02. The molecule has 2 amide bonds. The van der Waals surface area contributed by atoms with Gasteiger partial charge in [0.1, 0.15) is 13.2 Å². The van der Waals surface area contributed by atoms with Crippen LogP contribution in [0, 0.1) is 11.3 Å². The van der Waals surface area contributed by atoms with Gasteiger partial charge in [0, 0.05) is 7.11 Å². The molecule has 0 heterocycles. The summed E-state index contributed by atoms with van der Waals surface area (Å²) in [5, 5.41) is 22.4. The molecule has 0 aliphatic rings. The summed E-state index contributed by atoms with van der Waals surface area (Å²) in [6.07, 6.45) is 0. The number of benzene rings is 1. The average Bonchev–Trinajstić information content (AvgIpc) is 2.43. The molecule has 0 aliphatic heterocycles. The van der Waals surface area contributed by atoms with E-state index in [0.717, 1.165) is 0 Å². The predicted octanol–water partition coefficient (Wildman–Crippen LogP) is 0.727. The topological polar surface area (TPSA) is 111 Å². The van der Waals surface area contributed by atoms with Gasteiger partial charge in [-0.3, -0.25) is 9.59 Å². The molecule has 0 unspecified atom stereocenters. The first-order valence-electron chi connectivity index (χ1n) is 5.45. The van der Waals surface area contributed by atoms with Crippen LogP contribution < -0.4 is 10.6 Å². The minimum Gasteiger partial charge on any atom is -0.387 e. The lowest BCUT2D eigenvalue weighted by Gasteiger charge is -2.12. The Morgan fingerprint density at radius 1 is 1.35 bits per heavy atom. The summed E-state index contributed by atoms with van der Waals surface area (Å²) < 4.78 is 4.66. The summed E-state index contributed by atoms with van der Waals surface area (Å²) in [5.74, 6) is -1.14. The van der Waals surface area contributed by atoms with Crippen molar-refractivity contribution in [3.05, 3.63) is 22.7 Å². The Bertz CT molecular complexity index is 569. The molecule has 8 heteroatoms. The summed E-state index contributed by atoms with van der Waals surface area (Å²) in [5.41, 5.74) is 0.480. The van der Waals surface area contributed by atoms with Crippen molar-refractivity contribution in [3.63, 3.8) is 0 Å². The van der Waals surface area contributed by atoms with Crippen molar-refractivity contribution in [2.24, 2.45) is 0 Å². The van der Waals surface area contributed by atoms with E-state index in [-0.39, 0.29) is 28.6 Å². The first kappa shape index (κ1) is 15.9. The van der Waals surface area contributed by atoms with Gasteiger partial charge in [0.15, 0.2) is 0 Å². The molecule has 0 aromatic heterocycles. The van der Waals surface area contributed by atoms with Crippen LogP contribution in [0.4, 0.5) is 11.4 Å². The van der Waals surface area contributed by atoms with Crippen LogP contribution in [0.3, 0.4) is 0 Å². The summed E-state index contributed by atoms with van der Waals surface area (Å²) in [6.45, 7) is -0.899. The largest absolute Gasteiger partial charge is 0.387 e. The number of amides is 2. The van der Waals surface area contributed by atoms with E-state index >= 15 is 0 Å². The third-order valence-corrected chi connectivity index (χ3v) is 2.58. The Labute approximate surface area is 120 Å². The van der Waals surface area contributed by atoms with E-state index < -0.39 is 18.4 Å². The van der Waals surface area contributed by atoms with Gasteiger partial charge in [-0.15, -0.1) is 0 Å². The summed E-state index contributed by atoms with van der Waals surface area (Å²) in [7, 11) is 1.36. The second kappa shape index (κ2) is 7.45. The van der Waals surface area contributed by atoms with Crippen LogP contribution in [0.2, 0.25) is 5.02 Å². The number of nitriles is 1. The molecule has 0 bridgehead atoms. The zero-order valence-electron chi connectivity index (χ0n) is 10.6. The number of aliphatic hydroxyl groups is 1. The highest BCUT2D eigenvalue weighted by molar-refractivity contribution is 6.37. The van der Waals surface area contributed by atoms with Crippen LogP contribution in [-0.2, 0) is 14.3 Å². The van der Waals surface area contributed by atoms with Crippen molar-refractivity contribution in [1.29, 1.82) is 5.26 Å². The summed E-state index contributed by atoms with van der Waals surface area (Å²) in [6, 6.07) is 4.58. The molecule has 3 N–H and O–H groups in total.